The average Bonchev–Trinajstić information content (AvgIpc) is 1.80. The van der Waals surface area contributed by atoms with E-state index in [1.165, 1.54) is 7.05 Å². The van der Waals surface area contributed by atoms with Gasteiger partial charge in [0, 0.05) is 0 Å². The van der Waals surface area contributed by atoms with Gasteiger partial charge in [0.05, 0.1) is 0 Å². The molecule has 66 valence electrons. The maximum atomic E-state index is 10.2. The van der Waals surface area contributed by atoms with Crippen molar-refractivity contribution in [3.63, 3.8) is 0 Å². The van der Waals surface area contributed by atoms with Gasteiger partial charge < -0.3 is 10.4 Å². The molecule has 0 bridgehead atoms. The second-order valence-electron chi connectivity index (χ2n) is 1.93. The average molecular weight is 183 g/mol. The predicted molar refractivity (Wildman–Crippen MR) is 36.9 cm³/mol. The number of hydrogen-bond acceptors (Lipinski definition) is 4. The van der Waals surface area contributed by atoms with E-state index in [4.69, 9.17) is 9.66 Å². The van der Waals surface area contributed by atoms with Gasteiger partial charge in [0.2, 0.25) is 0 Å². The fourth-order valence-electron chi connectivity index (χ4n) is 0.489. The van der Waals surface area contributed by atoms with Gasteiger partial charge in [-0.1, -0.05) is 0 Å². The van der Waals surface area contributed by atoms with Gasteiger partial charge in [-0.2, -0.15) is 8.42 Å². The molecule has 1 atom stereocenters. The first-order chi connectivity index (χ1) is 4.87. The van der Waals surface area contributed by atoms with E-state index < -0.39 is 27.9 Å². The molecule has 0 spiro atoms. The maximum absolute atomic E-state index is 10.2. The van der Waals surface area contributed by atoms with E-state index in [1.54, 1.807) is 0 Å². The fraction of sp³-hybridized carbons (Fsp3) is 0.750. The van der Waals surface area contributed by atoms with Crippen molar-refractivity contribution in [2.45, 2.75) is 6.04 Å². The van der Waals surface area contributed by atoms with Crippen molar-refractivity contribution in [3.05, 3.63) is 0 Å². The van der Waals surface area contributed by atoms with E-state index in [0.717, 1.165) is 0 Å². The molecular formula is C4H9NO5S. The highest BCUT2D eigenvalue weighted by Gasteiger charge is 2.21. The molecule has 0 aromatic carbocycles. The number of aliphatic carboxylic acids is 1. The Morgan fingerprint density at radius 1 is 1.64 bits per heavy atom. The molecule has 7 heteroatoms. The summed E-state index contributed by atoms with van der Waals surface area (Å²) in [5, 5.41) is 10.5. The second kappa shape index (κ2) is 3.65. The largest absolute Gasteiger partial charge is 0.480 e. The lowest BCUT2D eigenvalue weighted by molar-refractivity contribution is -0.138. The van der Waals surface area contributed by atoms with Crippen LogP contribution in [0.2, 0.25) is 0 Å². The molecule has 0 aromatic heterocycles. The minimum absolute atomic E-state index is 0.821. The Hall–Kier alpha value is -0.660. The summed E-state index contributed by atoms with van der Waals surface area (Å²) in [6, 6.07) is -1.26. The van der Waals surface area contributed by atoms with E-state index in [2.05, 4.69) is 5.32 Å². The molecule has 0 aliphatic rings. The Balaban J connectivity index is 4.22. The van der Waals surface area contributed by atoms with E-state index in [-0.39, 0.29) is 0 Å². The number of nitrogens with one attached hydrogen (secondary N) is 1. The first kappa shape index (κ1) is 10.3. The minimum Gasteiger partial charge on any atom is -0.480 e. The van der Waals surface area contributed by atoms with E-state index in [0.29, 0.717) is 0 Å². The van der Waals surface area contributed by atoms with Crippen LogP contribution < -0.4 is 5.32 Å². The zero-order valence-corrected chi connectivity index (χ0v) is 6.63. The van der Waals surface area contributed by atoms with Gasteiger partial charge in [-0.3, -0.25) is 9.35 Å². The molecule has 11 heavy (non-hydrogen) atoms. The molecular weight excluding hydrogens is 174 g/mol. The smallest absolute Gasteiger partial charge is 0.321 e. The molecule has 0 saturated carbocycles. The van der Waals surface area contributed by atoms with Crippen molar-refractivity contribution in [1.82, 2.24) is 5.32 Å². The first-order valence-electron chi connectivity index (χ1n) is 2.72. The number of carboxylic acids is 1. The van der Waals surface area contributed by atoms with E-state index in [9.17, 15) is 13.2 Å². The quantitative estimate of drug-likeness (QED) is 0.460. The summed E-state index contributed by atoms with van der Waals surface area (Å²) in [6.07, 6.45) is 0. The number of likely N-dealkylation sites (N-methyl/N-ethyl adjacent to an activating group) is 1. The van der Waals surface area contributed by atoms with Crippen LogP contribution in [0.4, 0.5) is 0 Å². The highest BCUT2D eigenvalue weighted by molar-refractivity contribution is 7.85. The van der Waals surface area contributed by atoms with Gasteiger partial charge in [-0.15, -0.1) is 0 Å². The lowest BCUT2D eigenvalue weighted by atomic mass is 10.3. The van der Waals surface area contributed by atoms with Crippen LogP contribution >= 0.6 is 0 Å². The molecule has 0 aliphatic heterocycles. The van der Waals surface area contributed by atoms with Crippen molar-refractivity contribution in [2.24, 2.45) is 0 Å². The summed E-state index contributed by atoms with van der Waals surface area (Å²) >= 11 is 0. The normalized spacial score (nSPS) is 14.4. The SMILES string of the molecule is CNC(CS(=O)(=O)O)C(=O)O. The summed E-state index contributed by atoms with van der Waals surface area (Å²) < 4.78 is 28.6. The summed E-state index contributed by atoms with van der Waals surface area (Å²) in [7, 11) is -2.93. The monoisotopic (exact) mass is 183 g/mol. The molecule has 0 amide bonds. The molecule has 1 unspecified atom stereocenters. The molecule has 0 heterocycles. The van der Waals surface area contributed by atoms with Crippen LogP contribution in [0.1, 0.15) is 0 Å². The summed E-state index contributed by atoms with van der Waals surface area (Å²) in [5.41, 5.74) is 0. The van der Waals surface area contributed by atoms with Crippen LogP contribution in [-0.2, 0) is 14.9 Å². The topological polar surface area (TPSA) is 104 Å². The molecule has 0 saturated heterocycles. The predicted octanol–water partition coefficient (Wildman–Crippen LogP) is -1.45. The standard InChI is InChI=1S/C4H9NO5S/c1-5-3(4(6)7)2-11(8,9)10/h3,5H,2H2,1H3,(H,6,7)(H,8,9,10). The van der Waals surface area contributed by atoms with E-state index >= 15 is 0 Å². The third-order valence-electron chi connectivity index (χ3n) is 1.02. The van der Waals surface area contributed by atoms with Gasteiger partial charge >= 0.3 is 5.97 Å². The zero-order valence-electron chi connectivity index (χ0n) is 5.81. The maximum Gasteiger partial charge on any atom is 0.321 e. The molecule has 0 fully saturated rings. The Kier molecular flexibility index (Phi) is 3.43. The lowest BCUT2D eigenvalue weighted by Crippen LogP contribution is -2.39. The molecule has 0 aliphatic carbocycles. The highest BCUT2D eigenvalue weighted by Crippen LogP contribution is 1.89. The van der Waals surface area contributed by atoms with Gasteiger partial charge in [-0.05, 0) is 7.05 Å². The Labute approximate surface area is 64.0 Å². The van der Waals surface area contributed by atoms with Crippen molar-refractivity contribution in [2.75, 3.05) is 12.8 Å². The van der Waals surface area contributed by atoms with Crippen LogP contribution in [0.15, 0.2) is 0 Å². The van der Waals surface area contributed by atoms with Crippen LogP contribution in [0.5, 0.6) is 0 Å². The molecule has 0 aromatic rings. The van der Waals surface area contributed by atoms with Crippen LogP contribution in [0.3, 0.4) is 0 Å². The summed E-state index contributed by atoms with van der Waals surface area (Å²) in [4.78, 5) is 10.2. The number of hydrogen-bond donors (Lipinski definition) is 3. The highest BCUT2D eigenvalue weighted by atomic mass is 32.2. The van der Waals surface area contributed by atoms with Crippen molar-refractivity contribution >= 4 is 16.1 Å². The Bertz CT molecular complexity index is 233. The molecule has 0 rings (SSSR count). The third-order valence-corrected chi connectivity index (χ3v) is 1.78. The van der Waals surface area contributed by atoms with Crippen molar-refractivity contribution in [3.8, 4) is 0 Å². The van der Waals surface area contributed by atoms with E-state index in [1.807, 2.05) is 0 Å². The van der Waals surface area contributed by atoms with Crippen LogP contribution in [0.25, 0.3) is 0 Å². The van der Waals surface area contributed by atoms with Crippen LogP contribution in [-0.4, -0.2) is 42.9 Å². The number of carbonyl (C=O) groups is 1. The van der Waals surface area contributed by atoms with Gasteiger partial charge in [0.25, 0.3) is 10.1 Å². The number of rotatable bonds is 4. The Morgan fingerprint density at radius 2 is 2.09 bits per heavy atom. The fourth-order valence-corrected chi connectivity index (χ4v) is 1.22. The van der Waals surface area contributed by atoms with Gasteiger partial charge in [-0.25, -0.2) is 0 Å². The van der Waals surface area contributed by atoms with Crippen molar-refractivity contribution < 1.29 is 22.9 Å². The van der Waals surface area contributed by atoms with Gasteiger partial charge in [0.15, 0.2) is 0 Å². The first-order valence-corrected chi connectivity index (χ1v) is 4.33. The zero-order chi connectivity index (χ0) is 9.07. The third kappa shape index (κ3) is 4.71. The molecule has 0 radical (unpaired) electrons. The molecule has 6 nitrogen and oxygen atoms in total. The summed E-state index contributed by atoms with van der Waals surface area (Å²) in [6.45, 7) is 0. The Morgan fingerprint density at radius 3 is 2.18 bits per heavy atom. The lowest BCUT2D eigenvalue weighted by Gasteiger charge is -2.07. The molecule has 3 N–H and O–H groups in total. The van der Waals surface area contributed by atoms with Gasteiger partial charge in [0.1, 0.15) is 11.8 Å². The number of carboxylic acid groups (broad SMARTS) is 1. The minimum atomic E-state index is -4.22. The van der Waals surface area contributed by atoms with Crippen molar-refractivity contribution in [1.29, 1.82) is 0 Å². The summed E-state index contributed by atoms with van der Waals surface area (Å²) in [5.74, 6) is -2.14. The second-order valence-corrected chi connectivity index (χ2v) is 3.43. The van der Waals surface area contributed by atoms with Crippen LogP contribution in [0, 0.1) is 0 Å².